The molecule has 0 radical (unpaired) electrons. The molecule has 0 saturated carbocycles. The number of nitrogens with one attached hydrogen (secondary N) is 1. The van der Waals surface area contributed by atoms with Crippen molar-refractivity contribution in [1.82, 2.24) is 5.32 Å². The van der Waals surface area contributed by atoms with Gasteiger partial charge in [-0.15, -0.1) is 0 Å². The lowest BCUT2D eigenvalue weighted by molar-refractivity contribution is -0.117. The van der Waals surface area contributed by atoms with E-state index in [0.29, 0.717) is 48.1 Å². The summed E-state index contributed by atoms with van der Waals surface area (Å²) in [5, 5.41) is 12.2. The van der Waals surface area contributed by atoms with E-state index < -0.39 is 5.91 Å². The molecule has 31 heavy (non-hydrogen) atoms. The molecule has 2 aromatic rings. The van der Waals surface area contributed by atoms with Gasteiger partial charge in [-0.2, -0.15) is 5.26 Å². The Morgan fingerprint density at radius 2 is 1.68 bits per heavy atom. The standard InChI is InChI=1S/C24H28N2O5/c1-5-12-31-23-15-18(7-9-21(23)29-3)13-19(16-25)24(27)26-11-10-17-6-8-20(28-2)22(14-17)30-4/h6-9,13-15H,5,10-12H2,1-4H3,(H,26,27)/b19-13+. The molecule has 0 saturated heterocycles. The van der Waals surface area contributed by atoms with Crippen molar-refractivity contribution < 1.29 is 23.7 Å². The molecule has 0 aromatic heterocycles. The second-order valence-electron chi connectivity index (χ2n) is 6.62. The van der Waals surface area contributed by atoms with Gasteiger partial charge < -0.3 is 24.3 Å². The molecule has 7 heteroatoms. The lowest BCUT2D eigenvalue weighted by atomic mass is 10.1. The Kier molecular flexibility index (Phi) is 9.24. The van der Waals surface area contributed by atoms with Gasteiger partial charge in [0.05, 0.1) is 27.9 Å². The number of rotatable bonds is 11. The average Bonchev–Trinajstić information content (AvgIpc) is 2.80. The van der Waals surface area contributed by atoms with E-state index in [1.807, 2.05) is 31.2 Å². The van der Waals surface area contributed by atoms with Gasteiger partial charge in [0, 0.05) is 6.54 Å². The van der Waals surface area contributed by atoms with Crippen LogP contribution >= 0.6 is 0 Å². The fourth-order valence-electron chi connectivity index (χ4n) is 2.87. The van der Waals surface area contributed by atoms with Crippen molar-refractivity contribution in [3.05, 3.63) is 53.1 Å². The second kappa shape index (κ2) is 12.1. The van der Waals surface area contributed by atoms with E-state index in [1.165, 1.54) is 6.08 Å². The molecule has 0 spiro atoms. The Balaban J connectivity index is 2.05. The SMILES string of the molecule is CCCOc1cc(/C=C(\C#N)C(=O)NCCc2ccc(OC)c(OC)c2)ccc1OC. The highest BCUT2D eigenvalue weighted by Gasteiger charge is 2.11. The van der Waals surface area contributed by atoms with E-state index in [-0.39, 0.29) is 5.57 Å². The molecule has 0 aliphatic carbocycles. The first-order chi connectivity index (χ1) is 15.1. The summed E-state index contributed by atoms with van der Waals surface area (Å²) in [5.41, 5.74) is 1.67. The molecule has 0 unspecified atom stereocenters. The first-order valence-corrected chi connectivity index (χ1v) is 9.98. The topological polar surface area (TPSA) is 89.8 Å². The number of nitrogens with zero attached hydrogens (tertiary/aromatic N) is 1. The predicted molar refractivity (Wildman–Crippen MR) is 119 cm³/mol. The number of ether oxygens (including phenoxy) is 4. The summed E-state index contributed by atoms with van der Waals surface area (Å²) in [6.45, 7) is 2.93. The van der Waals surface area contributed by atoms with Crippen molar-refractivity contribution >= 4 is 12.0 Å². The van der Waals surface area contributed by atoms with E-state index in [2.05, 4.69) is 5.32 Å². The van der Waals surface area contributed by atoms with Crippen LogP contribution in [0.15, 0.2) is 42.0 Å². The monoisotopic (exact) mass is 424 g/mol. The van der Waals surface area contributed by atoms with Crippen LogP contribution in [0, 0.1) is 11.3 Å². The molecule has 1 N–H and O–H groups in total. The molecule has 0 heterocycles. The van der Waals surface area contributed by atoms with Crippen LogP contribution in [0.1, 0.15) is 24.5 Å². The van der Waals surface area contributed by atoms with Gasteiger partial charge in [0.25, 0.3) is 5.91 Å². The fourth-order valence-corrected chi connectivity index (χ4v) is 2.87. The lowest BCUT2D eigenvalue weighted by Crippen LogP contribution is -2.26. The minimum Gasteiger partial charge on any atom is -0.493 e. The van der Waals surface area contributed by atoms with E-state index >= 15 is 0 Å². The first-order valence-electron chi connectivity index (χ1n) is 9.98. The normalized spacial score (nSPS) is 10.7. The maximum Gasteiger partial charge on any atom is 0.261 e. The van der Waals surface area contributed by atoms with Crippen molar-refractivity contribution in [3.8, 4) is 29.1 Å². The smallest absolute Gasteiger partial charge is 0.261 e. The van der Waals surface area contributed by atoms with Crippen LogP contribution in [0.25, 0.3) is 6.08 Å². The number of amides is 1. The van der Waals surface area contributed by atoms with Gasteiger partial charge in [0.15, 0.2) is 23.0 Å². The van der Waals surface area contributed by atoms with Crippen molar-refractivity contribution in [1.29, 1.82) is 5.26 Å². The Hall–Kier alpha value is -3.66. The summed E-state index contributed by atoms with van der Waals surface area (Å²) in [7, 11) is 4.72. The van der Waals surface area contributed by atoms with Gasteiger partial charge >= 0.3 is 0 Å². The number of hydrogen-bond donors (Lipinski definition) is 1. The average molecular weight is 424 g/mol. The van der Waals surface area contributed by atoms with Gasteiger partial charge in [-0.1, -0.05) is 19.1 Å². The van der Waals surface area contributed by atoms with Crippen LogP contribution in [0.4, 0.5) is 0 Å². The first kappa shape index (κ1) is 23.6. The number of nitriles is 1. The molecule has 0 aliphatic rings. The van der Waals surface area contributed by atoms with E-state index in [1.54, 1.807) is 39.5 Å². The minimum atomic E-state index is -0.435. The van der Waals surface area contributed by atoms with Crippen LogP contribution in [0.5, 0.6) is 23.0 Å². The molecule has 2 aromatic carbocycles. The van der Waals surface area contributed by atoms with Gasteiger partial charge in [0.1, 0.15) is 11.6 Å². The van der Waals surface area contributed by atoms with Crippen LogP contribution in [-0.4, -0.2) is 40.4 Å². The lowest BCUT2D eigenvalue weighted by Gasteiger charge is -2.11. The Labute approximate surface area is 183 Å². The zero-order chi connectivity index (χ0) is 22.6. The highest BCUT2D eigenvalue weighted by molar-refractivity contribution is 6.01. The number of carbonyl (C=O) groups excluding carboxylic acids is 1. The second-order valence-corrected chi connectivity index (χ2v) is 6.62. The third-order valence-corrected chi connectivity index (χ3v) is 4.47. The summed E-state index contributed by atoms with van der Waals surface area (Å²) in [6.07, 6.45) is 2.97. The summed E-state index contributed by atoms with van der Waals surface area (Å²) in [5.74, 6) is 2.01. The number of carbonyl (C=O) groups is 1. The zero-order valence-corrected chi connectivity index (χ0v) is 18.4. The van der Waals surface area contributed by atoms with Crippen molar-refractivity contribution in [2.24, 2.45) is 0 Å². The summed E-state index contributed by atoms with van der Waals surface area (Å²) < 4.78 is 21.5. The number of benzene rings is 2. The van der Waals surface area contributed by atoms with Crippen molar-refractivity contribution in [2.75, 3.05) is 34.5 Å². The van der Waals surface area contributed by atoms with Crippen LogP contribution < -0.4 is 24.3 Å². The van der Waals surface area contributed by atoms with E-state index in [0.717, 1.165) is 12.0 Å². The van der Waals surface area contributed by atoms with E-state index in [9.17, 15) is 10.1 Å². The quantitative estimate of drug-likeness (QED) is 0.436. The van der Waals surface area contributed by atoms with Crippen LogP contribution in [-0.2, 0) is 11.2 Å². The van der Waals surface area contributed by atoms with Crippen molar-refractivity contribution in [3.63, 3.8) is 0 Å². The van der Waals surface area contributed by atoms with Gasteiger partial charge in [0.2, 0.25) is 0 Å². The maximum absolute atomic E-state index is 12.5. The van der Waals surface area contributed by atoms with Crippen LogP contribution in [0.2, 0.25) is 0 Å². The number of methoxy groups -OCH3 is 3. The van der Waals surface area contributed by atoms with Crippen molar-refractivity contribution in [2.45, 2.75) is 19.8 Å². The highest BCUT2D eigenvalue weighted by Crippen LogP contribution is 2.29. The molecule has 2 rings (SSSR count). The Morgan fingerprint density at radius 1 is 1.00 bits per heavy atom. The Morgan fingerprint density at radius 3 is 2.32 bits per heavy atom. The maximum atomic E-state index is 12.5. The third-order valence-electron chi connectivity index (χ3n) is 4.47. The molecule has 0 atom stereocenters. The Bertz CT molecular complexity index is 963. The number of hydrogen-bond acceptors (Lipinski definition) is 6. The summed E-state index contributed by atoms with van der Waals surface area (Å²) >= 11 is 0. The van der Waals surface area contributed by atoms with Gasteiger partial charge in [-0.3, -0.25) is 4.79 Å². The molecule has 0 aliphatic heterocycles. The van der Waals surface area contributed by atoms with Gasteiger partial charge in [-0.05, 0) is 54.3 Å². The molecule has 0 bridgehead atoms. The molecule has 7 nitrogen and oxygen atoms in total. The summed E-state index contributed by atoms with van der Waals surface area (Å²) in [6, 6.07) is 12.8. The largest absolute Gasteiger partial charge is 0.493 e. The molecular weight excluding hydrogens is 396 g/mol. The summed E-state index contributed by atoms with van der Waals surface area (Å²) in [4.78, 5) is 12.5. The molecule has 1 amide bonds. The zero-order valence-electron chi connectivity index (χ0n) is 18.4. The minimum absolute atomic E-state index is 0.0129. The third kappa shape index (κ3) is 6.68. The highest BCUT2D eigenvalue weighted by atomic mass is 16.5. The van der Waals surface area contributed by atoms with Gasteiger partial charge in [-0.25, -0.2) is 0 Å². The van der Waals surface area contributed by atoms with E-state index in [4.69, 9.17) is 18.9 Å². The predicted octanol–water partition coefficient (Wildman–Crippen LogP) is 3.77. The molecule has 164 valence electrons. The van der Waals surface area contributed by atoms with Crippen LogP contribution in [0.3, 0.4) is 0 Å². The molecule has 0 fully saturated rings. The fraction of sp³-hybridized carbons (Fsp3) is 0.333. The molecular formula is C24H28N2O5.